The van der Waals surface area contributed by atoms with Crippen LogP contribution in [-0.4, -0.2) is 24.0 Å². The highest BCUT2D eigenvalue weighted by molar-refractivity contribution is 14.1. The molecule has 1 fully saturated rings. The molecule has 0 saturated heterocycles. The molecule has 1 aromatic carbocycles. The Labute approximate surface area is 144 Å². The quantitative estimate of drug-likeness (QED) is 0.662. The molecule has 0 bridgehead atoms. The van der Waals surface area contributed by atoms with Crippen LogP contribution >= 0.6 is 22.6 Å². The number of nitrogens with one attached hydrogen (secondary N) is 3. The number of benzene rings is 1. The first-order chi connectivity index (χ1) is 10.5. The molecule has 0 radical (unpaired) electrons. The Hall–Kier alpha value is -1.31. The lowest BCUT2D eigenvalue weighted by atomic mass is 9.96. The minimum Gasteiger partial charge on any atom is -0.374 e. The smallest absolute Gasteiger partial charge is 0.321 e. The number of anilines is 1. The largest absolute Gasteiger partial charge is 0.374 e. The summed E-state index contributed by atoms with van der Waals surface area (Å²) in [7, 11) is 0. The molecular weight excluding hydrogens is 393 g/mol. The van der Waals surface area contributed by atoms with Gasteiger partial charge in [-0.15, -0.1) is 0 Å². The molecular formula is C16H22IN3O2. The predicted molar refractivity (Wildman–Crippen MR) is 95.8 cm³/mol. The average Bonchev–Trinajstić information content (AvgIpc) is 2.48. The van der Waals surface area contributed by atoms with Crippen molar-refractivity contribution in [2.24, 2.45) is 0 Å². The molecule has 22 heavy (non-hydrogen) atoms. The molecule has 0 spiro atoms. The van der Waals surface area contributed by atoms with E-state index in [0.29, 0.717) is 0 Å². The first-order valence-electron chi connectivity index (χ1n) is 7.68. The number of carbonyl (C=O) groups excluding carboxylic acids is 2. The van der Waals surface area contributed by atoms with E-state index in [1.54, 1.807) is 6.92 Å². The average molecular weight is 415 g/mol. The van der Waals surface area contributed by atoms with Crippen LogP contribution in [0.2, 0.25) is 0 Å². The summed E-state index contributed by atoms with van der Waals surface area (Å²) in [4.78, 5) is 23.9. The Morgan fingerprint density at radius 3 is 2.64 bits per heavy atom. The van der Waals surface area contributed by atoms with E-state index in [0.717, 1.165) is 34.9 Å². The molecule has 0 aromatic heterocycles. The molecule has 2 rings (SSSR count). The van der Waals surface area contributed by atoms with Crippen molar-refractivity contribution in [3.05, 3.63) is 27.8 Å². The van der Waals surface area contributed by atoms with Gasteiger partial charge in [0.05, 0.1) is 0 Å². The van der Waals surface area contributed by atoms with Gasteiger partial charge in [-0.25, -0.2) is 4.79 Å². The summed E-state index contributed by atoms with van der Waals surface area (Å²) >= 11 is 2.22. The van der Waals surface area contributed by atoms with E-state index in [9.17, 15) is 9.59 Å². The molecule has 3 amide bonds. The number of hydrogen-bond donors (Lipinski definition) is 3. The van der Waals surface area contributed by atoms with Crippen LogP contribution < -0.4 is 16.0 Å². The molecule has 0 aliphatic heterocycles. The highest BCUT2D eigenvalue weighted by atomic mass is 127. The van der Waals surface area contributed by atoms with E-state index in [1.165, 1.54) is 6.42 Å². The van der Waals surface area contributed by atoms with Crippen LogP contribution in [0.1, 0.15) is 39.0 Å². The molecule has 1 unspecified atom stereocenters. The lowest BCUT2D eigenvalue weighted by Gasteiger charge is -2.23. The van der Waals surface area contributed by atoms with Gasteiger partial charge in [-0.2, -0.15) is 0 Å². The van der Waals surface area contributed by atoms with Gasteiger partial charge in [0.2, 0.25) is 5.91 Å². The second-order valence-corrected chi connectivity index (χ2v) is 6.92. The van der Waals surface area contributed by atoms with Gasteiger partial charge in [0.15, 0.2) is 0 Å². The second kappa shape index (κ2) is 8.36. The van der Waals surface area contributed by atoms with Crippen LogP contribution in [0.3, 0.4) is 0 Å². The number of urea groups is 1. The molecule has 0 heterocycles. The van der Waals surface area contributed by atoms with Crippen molar-refractivity contribution in [1.29, 1.82) is 0 Å². The number of halogens is 1. The van der Waals surface area contributed by atoms with Crippen molar-refractivity contribution >= 4 is 40.2 Å². The number of hydrogen-bond acceptors (Lipinski definition) is 3. The van der Waals surface area contributed by atoms with Crippen LogP contribution in [0.4, 0.5) is 10.5 Å². The van der Waals surface area contributed by atoms with E-state index in [-0.39, 0.29) is 11.9 Å². The van der Waals surface area contributed by atoms with Gasteiger partial charge in [-0.1, -0.05) is 25.3 Å². The SMILES string of the molecule is CC(Nc1cccc(I)c1)C(=O)NC(=O)NC1CCCCC1. The lowest BCUT2D eigenvalue weighted by molar-refractivity contribution is -0.120. The van der Waals surface area contributed by atoms with Crippen LogP contribution in [0, 0.1) is 3.57 Å². The van der Waals surface area contributed by atoms with Gasteiger partial charge in [0.25, 0.3) is 0 Å². The van der Waals surface area contributed by atoms with Crippen molar-refractivity contribution < 1.29 is 9.59 Å². The number of rotatable bonds is 4. The van der Waals surface area contributed by atoms with E-state index < -0.39 is 12.1 Å². The summed E-state index contributed by atoms with van der Waals surface area (Å²) in [6.45, 7) is 1.74. The Morgan fingerprint density at radius 1 is 1.23 bits per heavy atom. The molecule has 6 heteroatoms. The number of carbonyl (C=O) groups is 2. The maximum Gasteiger partial charge on any atom is 0.321 e. The lowest BCUT2D eigenvalue weighted by Crippen LogP contribution is -2.49. The first kappa shape index (κ1) is 17.1. The molecule has 5 nitrogen and oxygen atoms in total. The Kier molecular flexibility index (Phi) is 6.48. The molecule has 1 aromatic rings. The van der Waals surface area contributed by atoms with E-state index in [4.69, 9.17) is 0 Å². The second-order valence-electron chi connectivity index (χ2n) is 5.67. The third-order valence-corrected chi connectivity index (χ3v) is 4.45. The molecule has 1 atom stereocenters. The topological polar surface area (TPSA) is 70.2 Å². The highest BCUT2D eigenvalue weighted by Crippen LogP contribution is 2.17. The third kappa shape index (κ3) is 5.47. The zero-order valence-corrected chi connectivity index (χ0v) is 14.9. The van der Waals surface area contributed by atoms with E-state index in [1.807, 2.05) is 24.3 Å². The van der Waals surface area contributed by atoms with Crippen LogP contribution in [0.5, 0.6) is 0 Å². The normalized spacial score (nSPS) is 16.6. The van der Waals surface area contributed by atoms with Gasteiger partial charge >= 0.3 is 6.03 Å². The fraction of sp³-hybridized carbons (Fsp3) is 0.500. The molecule has 120 valence electrons. The Bertz CT molecular complexity index is 530. The Morgan fingerprint density at radius 2 is 1.95 bits per heavy atom. The van der Waals surface area contributed by atoms with Crippen molar-refractivity contribution in [2.75, 3.05) is 5.32 Å². The van der Waals surface area contributed by atoms with Gasteiger partial charge < -0.3 is 10.6 Å². The van der Waals surface area contributed by atoms with Crippen molar-refractivity contribution in [3.8, 4) is 0 Å². The summed E-state index contributed by atoms with van der Waals surface area (Å²) in [6, 6.07) is 7.07. The van der Waals surface area contributed by atoms with Crippen LogP contribution in [-0.2, 0) is 4.79 Å². The minimum absolute atomic E-state index is 0.195. The van der Waals surface area contributed by atoms with Gasteiger partial charge in [-0.3, -0.25) is 10.1 Å². The summed E-state index contributed by atoms with van der Waals surface area (Å²) in [5.74, 6) is -0.327. The maximum absolute atomic E-state index is 12.0. The predicted octanol–water partition coefficient (Wildman–Crippen LogP) is 3.25. The number of amides is 3. The summed E-state index contributed by atoms with van der Waals surface area (Å²) in [6.07, 6.45) is 5.51. The number of imide groups is 1. The highest BCUT2D eigenvalue weighted by Gasteiger charge is 2.19. The summed E-state index contributed by atoms with van der Waals surface area (Å²) in [5.41, 5.74) is 0.863. The molecule has 1 aliphatic rings. The first-order valence-corrected chi connectivity index (χ1v) is 8.76. The van der Waals surface area contributed by atoms with Crippen LogP contribution in [0.25, 0.3) is 0 Å². The zero-order valence-electron chi connectivity index (χ0n) is 12.7. The van der Waals surface area contributed by atoms with Crippen molar-refractivity contribution in [1.82, 2.24) is 10.6 Å². The summed E-state index contributed by atoms with van der Waals surface area (Å²) in [5, 5.41) is 8.38. The maximum atomic E-state index is 12.0. The standard InChI is InChI=1S/C16H22IN3O2/c1-11(18-14-9-5-6-12(17)10-14)15(21)20-16(22)19-13-7-3-2-4-8-13/h5-6,9-11,13,18H,2-4,7-8H2,1H3,(H2,19,20,21,22). The van der Waals surface area contributed by atoms with Crippen molar-refractivity contribution in [2.45, 2.75) is 51.1 Å². The van der Waals surface area contributed by atoms with Crippen LogP contribution in [0.15, 0.2) is 24.3 Å². The van der Waals surface area contributed by atoms with Gasteiger partial charge in [-0.05, 0) is 60.6 Å². The zero-order chi connectivity index (χ0) is 15.9. The van der Waals surface area contributed by atoms with Gasteiger partial charge in [0, 0.05) is 15.3 Å². The minimum atomic E-state index is -0.477. The molecule has 3 N–H and O–H groups in total. The fourth-order valence-corrected chi connectivity index (χ4v) is 3.13. The molecule has 1 aliphatic carbocycles. The van der Waals surface area contributed by atoms with Crippen molar-refractivity contribution in [3.63, 3.8) is 0 Å². The van der Waals surface area contributed by atoms with E-state index >= 15 is 0 Å². The Balaban J connectivity index is 1.79. The van der Waals surface area contributed by atoms with Gasteiger partial charge in [0.1, 0.15) is 6.04 Å². The van der Waals surface area contributed by atoms with E-state index in [2.05, 4.69) is 38.5 Å². The fourth-order valence-electron chi connectivity index (χ4n) is 2.58. The molecule has 1 saturated carbocycles. The third-order valence-electron chi connectivity index (χ3n) is 3.78. The monoisotopic (exact) mass is 415 g/mol. The summed E-state index contributed by atoms with van der Waals surface area (Å²) < 4.78 is 1.09.